The number of rotatable bonds is 6. The molecule has 2 aliphatic carbocycles. The van der Waals surface area contributed by atoms with Crippen molar-refractivity contribution in [3.8, 4) is 11.4 Å². The molecule has 4 fully saturated rings. The van der Waals surface area contributed by atoms with Crippen LogP contribution in [0.5, 0.6) is 0 Å². The molecule has 3 saturated heterocycles. The van der Waals surface area contributed by atoms with Crippen LogP contribution >= 0.6 is 0 Å². The normalized spacial score (nSPS) is 26.7. The summed E-state index contributed by atoms with van der Waals surface area (Å²) < 4.78 is 0. The number of anilines is 1. The fourth-order valence-electron chi connectivity index (χ4n) is 9.22. The zero-order valence-electron chi connectivity index (χ0n) is 27.9. The van der Waals surface area contributed by atoms with Crippen LogP contribution in [0.2, 0.25) is 0 Å². The summed E-state index contributed by atoms with van der Waals surface area (Å²) in [5.74, 6) is 2.35. The standard InChI is InChI=1S/C39H49N7O/c1-39-22-31(39)21-33-36(23-39)42-43-37(33)35-19-28-4-5-29(20-34(28)41-35)38(47)46-17-15-44(16-18-46)25-26-10-13-45(14-11-26)32-8-6-27(7-9-32)30-3-2-12-40-24-30/h4-9,19-20,26,30-31,40-41H,2-3,10-18,21-25H2,1H3,(H,42,43)/t30-,31+,39+/m0/s1. The predicted molar refractivity (Wildman–Crippen MR) is 188 cm³/mol. The van der Waals surface area contributed by atoms with Gasteiger partial charge in [0.15, 0.2) is 0 Å². The van der Waals surface area contributed by atoms with Gasteiger partial charge in [-0.25, -0.2) is 0 Å². The molecule has 9 rings (SSSR count). The van der Waals surface area contributed by atoms with Crippen molar-refractivity contribution in [2.75, 3.05) is 63.8 Å². The van der Waals surface area contributed by atoms with Crippen LogP contribution in [0.4, 0.5) is 5.69 Å². The Morgan fingerprint density at radius 3 is 2.60 bits per heavy atom. The number of hydrogen-bond acceptors (Lipinski definition) is 5. The summed E-state index contributed by atoms with van der Waals surface area (Å²) in [5, 5.41) is 12.7. The molecule has 3 aliphatic heterocycles. The Balaban J connectivity index is 0.769. The average molecular weight is 632 g/mol. The monoisotopic (exact) mass is 631 g/mol. The summed E-state index contributed by atoms with van der Waals surface area (Å²) in [6.07, 6.45) is 8.63. The quantitative estimate of drug-likeness (QED) is 0.250. The first-order valence-electron chi connectivity index (χ1n) is 18.3. The Morgan fingerprint density at radius 2 is 1.81 bits per heavy atom. The van der Waals surface area contributed by atoms with Gasteiger partial charge in [0.05, 0.1) is 5.69 Å². The van der Waals surface area contributed by atoms with E-state index in [2.05, 4.69) is 68.5 Å². The van der Waals surface area contributed by atoms with Gasteiger partial charge in [-0.1, -0.05) is 25.1 Å². The summed E-state index contributed by atoms with van der Waals surface area (Å²) in [5.41, 5.74) is 9.93. The minimum atomic E-state index is 0.145. The Morgan fingerprint density at radius 1 is 0.979 bits per heavy atom. The van der Waals surface area contributed by atoms with Crippen LogP contribution < -0.4 is 10.2 Å². The molecule has 0 spiro atoms. The topological polar surface area (TPSA) is 83.3 Å². The van der Waals surface area contributed by atoms with E-state index in [9.17, 15) is 4.79 Å². The molecule has 1 amide bonds. The third-order valence-corrected chi connectivity index (χ3v) is 12.5. The van der Waals surface area contributed by atoms with Crippen LogP contribution in [-0.4, -0.2) is 89.8 Å². The summed E-state index contributed by atoms with van der Waals surface area (Å²) in [4.78, 5) is 24.4. The van der Waals surface area contributed by atoms with Gasteiger partial charge in [-0.3, -0.25) is 14.8 Å². The van der Waals surface area contributed by atoms with Crippen molar-refractivity contribution in [3.05, 3.63) is 70.9 Å². The number of fused-ring (bicyclic) bond motifs is 3. The maximum Gasteiger partial charge on any atom is 0.254 e. The molecule has 2 aromatic carbocycles. The SMILES string of the molecule is C[C@@]12Cc3[nH]nc(-c4cc5ccc(C(=O)N6CCN(CC7CCN(c8ccc([C@H]9CCCNC9)cc8)CC7)CC6)cc5[nH]4)c3C[C@@H]1C2. The Bertz CT molecular complexity index is 1750. The summed E-state index contributed by atoms with van der Waals surface area (Å²) in [6, 6.07) is 17.7. The lowest BCUT2D eigenvalue weighted by Crippen LogP contribution is -2.50. The highest BCUT2D eigenvalue weighted by Crippen LogP contribution is 2.59. The number of piperidine rings is 2. The Kier molecular flexibility index (Phi) is 7.42. The van der Waals surface area contributed by atoms with Crippen molar-refractivity contribution >= 4 is 22.5 Å². The smallest absolute Gasteiger partial charge is 0.254 e. The molecule has 5 aliphatic rings. The van der Waals surface area contributed by atoms with E-state index in [0.717, 1.165) is 105 Å². The second kappa shape index (κ2) is 11.8. The molecular formula is C39H49N7O. The van der Waals surface area contributed by atoms with Crippen molar-refractivity contribution in [2.45, 2.75) is 57.8 Å². The molecule has 2 aromatic heterocycles. The molecular weight excluding hydrogens is 582 g/mol. The summed E-state index contributed by atoms with van der Waals surface area (Å²) >= 11 is 0. The maximum atomic E-state index is 13.6. The molecule has 0 unspecified atom stereocenters. The lowest BCUT2D eigenvalue weighted by Gasteiger charge is -2.39. The molecule has 0 radical (unpaired) electrons. The number of aromatic amines is 2. The molecule has 4 aromatic rings. The average Bonchev–Trinajstić information content (AvgIpc) is 3.38. The van der Waals surface area contributed by atoms with Gasteiger partial charge in [-0.2, -0.15) is 5.10 Å². The minimum absolute atomic E-state index is 0.145. The van der Waals surface area contributed by atoms with Gasteiger partial charge in [-0.05, 0) is 111 Å². The maximum absolute atomic E-state index is 13.6. The number of amides is 1. The van der Waals surface area contributed by atoms with Crippen molar-refractivity contribution < 1.29 is 4.79 Å². The first-order chi connectivity index (χ1) is 23.0. The lowest BCUT2D eigenvalue weighted by atomic mass is 9.87. The van der Waals surface area contributed by atoms with E-state index in [0.29, 0.717) is 11.3 Å². The predicted octanol–water partition coefficient (Wildman–Crippen LogP) is 5.82. The van der Waals surface area contributed by atoms with Crippen LogP contribution in [-0.2, 0) is 12.8 Å². The Hall–Kier alpha value is -3.62. The molecule has 246 valence electrons. The van der Waals surface area contributed by atoms with Crippen molar-refractivity contribution in [1.82, 2.24) is 30.3 Å². The van der Waals surface area contributed by atoms with Crippen LogP contribution in [0.3, 0.4) is 0 Å². The first kappa shape index (κ1) is 29.5. The highest BCUT2D eigenvalue weighted by Gasteiger charge is 2.53. The molecule has 8 nitrogen and oxygen atoms in total. The molecule has 47 heavy (non-hydrogen) atoms. The number of benzene rings is 2. The number of nitrogens with one attached hydrogen (secondary N) is 3. The van der Waals surface area contributed by atoms with Gasteiger partial charge in [0, 0.05) is 85.8 Å². The van der Waals surface area contributed by atoms with E-state index in [4.69, 9.17) is 5.10 Å². The van der Waals surface area contributed by atoms with Gasteiger partial charge in [0.2, 0.25) is 0 Å². The number of aromatic nitrogens is 3. The number of H-pyrrole nitrogens is 2. The Labute approximate surface area is 278 Å². The molecule has 3 atom stereocenters. The molecule has 8 heteroatoms. The van der Waals surface area contributed by atoms with Crippen molar-refractivity contribution in [2.24, 2.45) is 17.3 Å². The van der Waals surface area contributed by atoms with E-state index in [1.165, 1.54) is 61.2 Å². The van der Waals surface area contributed by atoms with E-state index < -0.39 is 0 Å². The largest absolute Gasteiger partial charge is 0.372 e. The van der Waals surface area contributed by atoms with Gasteiger partial charge < -0.3 is 20.1 Å². The third kappa shape index (κ3) is 5.67. The van der Waals surface area contributed by atoms with Gasteiger partial charge >= 0.3 is 0 Å². The van der Waals surface area contributed by atoms with E-state index in [1.54, 1.807) is 0 Å². The highest BCUT2D eigenvalue weighted by atomic mass is 16.2. The zero-order valence-corrected chi connectivity index (χ0v) is 27.9. The molecule has 5 heterocycles. The highest BCUT2D eigenvalue weighted by molar-refractivity contribution is 5.99. The van der Waals surface area contributed by atoms with Crippen LogP contribution in [0.25, 0.3) is 22.3 Å². The van der Waals surface area contributed by atoms with Crippen LogP contribution in [0, 0.1) is 17.3 Å². The number of piperazine rings is 1. The minimum Gasteiger partial charge on any atom is -0.372 e. The number of hydrogen-bond donors (Lipinski definition) is 3. The van der Waals surface area contributed by atoms with Crippen LogP contribution in [0.1, 0.15) is 72.1 Å². The molecule has 3 N–H and O–H groups in total. The van der Waals surface area contributed by atoms with E-state index >= 15 is 0 Å². The van der Waals surface area contributed by atoms with Crippen molar-refractivity contribution in [1.29, 1.82) is 0 Å². The van der Waals surface area contributed by atoms with Crippen molar-refractivity contribution in [3.63, 3.8) is 0 Å². The zero-order chi connectivity index (χ0) is 31.5. The van der Waals surface area contributed by atoms with Gasteiger partial charge in [0.25, 0.3) is 5.91 Å². The summed E-state index contributed by atoms with van der Waals surface area (Å²) in [7, 11) is 0. The van der Waals surface area contributed by atoms with E-state index in [1.807, 2.05) is 17.0 Å². The fraction of sp³-hybridized carbons (Fsp3) is 0.538. The number of nitrogens with zero attached hydrogens (tertiary/aromatic N) is 4. The molecule has 0 bridgehead atoms. The number of carbonyl (C=O) groups excluding carboxylic acids is 1. The summed E-state index contributed by atoms with van der Waals surface area (Å²) in [6.45, 7) is 11.6. The fourth-order valence-corrected chi connectivity index (χ4v) is 9.22. The van der Waals surface area contributed by atoms with Crippen LogP contribution in [0.15, 0.2) is 48.5 Å². The lowest BCUT2D eigenvalue weighted by molar-refractivity contribution is 0.0610. The number of carbonyl (C=O) groups is 1. The van der Waals surface area contributed by atoms with Gasteiger partial charge in [-0.15, -0.1) is 0 Å². The van der Waals surface area contributed by atoms with E-state index in [-0.39, 0.29) is 5.91 Å². The second-order valence-corrected chi connectivity index (χ2v) is 15.6. The second-order valence-electron chi connectivity index (χ2n) is 15.6. The van der Waals surface area contributed by atoms with Gasteiger partial charge in [0.1, 0.15) is 5.69 Å². The third-order valence-electron chi connectivity index (χ3n) is 12.5. The first-order valence-corrected chi connectivity index (χ1v) is 18.3. The molecule has 1 saturated carbocycles.